The third kappa shape index (κ3) is 2.05. The lowest BCUT2D eigenvalue weighted by Gasteiger charge is -2.10. The fourth-order valence-corrected chi connectivity index (χ4v) is 1.10. The zero-order valence-electron chi connectivity index (χ0n) is 6.97. The molecule has 0 radical (unpaired) electrons. The van der Waals surface area contributed by atoms with E-state index in [0.717, 1.165) is 0 Å². The predicted molar refractivity (Wildman–Crippen MR) is 47.5 cm³/mol. The van der Waals surface area contributed by atoms with Crippen LogP contribution in [0.15, 0.2) is 18.2 Å². The van der Waals surface area contributed by atoms with Gasteiger partial charge in [-0.15, -0.1) is 0 Å². The van der Waals surface area contributed by atoms with Crippen LogP contribution in [0.5, 0.6) is 5.75 Å². The van der Waals surface area contributed by atoms with Crippen molar-refractivity contribution in [3.05, 3.63) is 29.3 Å². The molecule has 0 bridgehead atoms. The first kappa shape index (κ1) is 9.70. The topological polar surface area (TPSA) is 83.6 Å². The summed E-state index contributed by atoms with van der Waals surface area (Å²) in [7, 11) is 0. The number of hydrogen-bond donors (Lipinski definition) is 3. The summed E-state index contributed by atoms with van der Waals surface area (Å²) in [5, 5.41) is 17.8. The lowest BCUT2D eigenvalue weighted by Crippen LogP contribution is -2.16. The number of rotatable bonds is 3. The van der Waals surface area contributed by atoms with Crippen LogP contribution in [-0.2, 0) is 0 Å². The number of benzene rings is 1. The van der Waals surface area contributed by atoms with Gasteiger partial charge in [0.15, 0.2) is 6.29 Å². The summed E-state index contributed by atoms with van der Waals surface area (Å²) in [6, 6.07) is 3.69. The smallest absolute Gasteiger partial charge is 0.150 e. The first-order valence-corrected chi connectivity index (χ1v) is 3.83. The number of aliphatic hydroxyl groups is 1. The second-order valence-electron chi connectivity index (χ2n) is 2.72. The summed E-state index contributed by atoms with van der Waals surface area (Å²) in [6.07, 6.45) is 0.602. The van der Waals surface area contributed by atoms with Gasteiger partial charge in [0, 0.05) is 5.56 Å². The monoisotopic (exact) mass is 181 g/mol. The van der Waals surface area contributed by atoms with Crippen molar-refractivity contribution in [2.75, 3.05) is 6.61 Å². The van der Waals surface area contributed by atoms with E-state index in [4.69, 9.17) is 15.9 Å². The SMILES string of the molecule is NC(CO)c1ccc(O)cc1C=O. The number of hydrogen-bond acceptors (Lipinski definition) is 4. The molecule has 0 spiro atoms. The van der Waals surface area contributed by atoms with E-state index < -0.39 is 6.04 Å². The van der Waals surface area contributed by atoms with Crippen molar-refractivity contribution in [1.29, 1.82) is 0 Å². The Morgan fingerprint density at radius 3 is 2.77 bits per heavy atom. The minimum Gasteiger partial charge on any atom is -0.508 e. The highest BCUT2D eigenvalue weighted by molar-refractivity contribution is 5.78. The van der Waals surface area contributed by atoms with Gasteiger partial charge >= 0.3 is 0 Å². The second kappa shape index (κ2) is 4.02. The second-order valence-corrected chi connectivity index (χ2v) is 2.72. The molecule has 0 aliphatic carbocycles. The van der Waals surface area contributed by atoms with Crippen molar-refractivity contribution in [2.24, 2.45) is 5.73 Å². The Labute approximate surface area is 75.6 Å². The summed E-state index contributed by atoms with van der Waals surface area (Å²) in [5.41, 5.74) is 6.37. The zero-order valence-corrected chi connectivity index (χ0v) is 6.97. The standard InChI is InChI=1S/C9H11NO3/c10-9(5-12)8-2-1-7(13)3-6(8)4-11/h1-4,9,12-13H,5,10H2. The molecule has 0 aliphatic heterocycles. The molecule has 0 saturated carbocycles. The zero-order chi connectivity index (χ0) is 9.84. The predicted octanol–water partition coefficient (Wildman–Crippen LogP) is 0.197. The third-order valence-corrected chi connectivity index (χ3v) is 1.79. The van der Waals surface area contributed by atoms with Gasteiger partial charge in [0.2, 0.25) is 0 Å². The molecule has 0 amide bonds. The molecular weight excluding hydrogens is 170 g/mol. The highest BCUT2D eigenvalue weighted by Crippen LogP contribution is 2.19. The molecule has 4 nitrogen and oxygen atoms in total. The summed E-state index contributed by atoms with van der Waals surface area (Å²) >= 11 is 0. The van der Waals surface area contributed by atoms with E-state index in [1.54, 1.807) is 0 Å². The Morgan fingerprint density at radius 2 is 2.23 bits per heavy atom. The number of aldehydes is 1. The van der Waals surface area contributed by atoms with Crippen LogP contribution in [0.3, 0.4) is 0 Å². The van der Waals surface area contributed by atoms with E-state index in [0.29, 0.717) is 17.4 Å². The maximum absolute atomic E-state index is 10.6. The van der Waals surface area contributed by atoms with Gasteiger partial charge in [-0.3, -0.25) is 4.79 Å². The molecule has 4 N–H and O–H groups in total. The maximum atomic E-state index is 10.6. The van der Waals surface area contributed by atoms with Gasteiger partial charge in [-0.05, 0) is 17.7 Å². The largest absolute Gasteiger partial charge is 0.508 e. The van der Waals surface area contributed by atoms with Crippen LogP contribution in [0.25, 0.3) is 0 Å². The molecule has 1 aromatic carbocycles. The number of carbonyl (C=O) groups is 1. The van der Waals surface area contributed by atoms with Crippen LogP contribution in [0.4, 0.5) is 0 Å². The lowest BCUT2D eigenvalue weighted by atomic mass is 10.0. The summed E-state index contributed by atoms with van der Waals surface area (Å²) in [4.78, 5) is 10.6. The number of phenols is 1. The van der Waals surface area contributed by atoms with Gasteiger partial charge in [0.1, 0.15) is 5.75 Å². The van der Waals surface area contributed by atoms with Crippen molar-refractivity contribution in [3.8, 4) is 5.75 Å². The highest BCUT2D eigenvalue weighted by atomic mass is 16.3. The first-order valence-electron chi connectivity index (χ1n) is 3.83. The van der Waals surface area contributed by atoms with Gasteiger partial charge in [-0.1, -0.05) is 6.07 Å². The van der Waals surface area contributed by atoms with Crippen molar-refractivity contribution in [3.63, 3.8) is 0 Å². The van der Waals surface area contributed by atoms with E-state index in [9.17, 15) is 4.79 Å². The first-order chi connectivity index (χ1) is 6.19. The molecule has 0 saturated heterocycles. The molecule has 1 aromatic rings. The fraction of sp³-hybridized carbons (Fsp3) is 0.222. The normalized spacial score (nSPS) is 12.5. The van der Waals surface area contributed by atoms with Crippen LogP contribution in [0.1, 0.15) is 22.0 Å². The Hall–Kier alpha value is -1.39. The van der Waals surface area contributed by atoms with Crippen LogP contribution >= 0.6 is 0 Å². The summed E-state index contributed by atoms with van der Waals surface area (Å²) in [5.74, 6) is 0.0102. The molecule has 1 rings (SSSR count). The molecule has 0 aromatic heterocycles. The molecule has 1 atom stereocenters. The Morgan fingerprint density at radius 1 is 1.54 bits per heavy atom. The molecule has 0 heterocycles. The summed E-state index contributed by atoms with van der Waals surface area (Å²) in [6.45, 7) is -0.231. The van der Waals surface area contributed by atoms with Crippen molar-refractivity contribution in [1.82, 2.24) is 0 Å². The van der Waals surface area contributed by atoms with E-state index in [-0.39, 0.29) is 12.4 Å². The lowest BCUT2D eigenvalue weighted by molar-refractivity contribution is 0.112. The van der Waals surface area contributed by atoms with Gasteiger partial charge < -0.3 is 15.9 Å². The Balaban J connectivity index is 3.13. The fourth-order valence-electron chi connectivity index (χ4n) is 1.10. The van der Waals surface area contributed by atoms with Gasteiger partial charge in [-0.25, -0.2) is 0 Å². The number of nitrogens with two attached hydrogens (primary N) is 1. The van der Waals surface area contributed by atoms with Gasteiger partial charge in [0.25, 0.3) is 0 Å². The third-order valence-electron chi connectivity index (χ3n) is 1.79. The highest BCUT2D eigenvalue weighted by Gasteiger charge is 2.09. The average molecular weight is 181 g/mol. The van der Waals surface area contributed by atoms with E-state index in [1.807, 2.05) is 0 Å². The van der Waals surface area contributed by atoms with Crippen molar-refractivity contribution >= 4 is 6.29 Å². The van der Waals surface area contributed by atoms with E-state index in [2.05, 4.69) is 0 Å². The molecule has 70 valence electrons. The molecule has 0 aliphatic rings. The van der Waals surface area contributed by atoms with Crippen LogP contribution in [0.2, 0.25) is 0 Å². The Bertz CT molecular complexity index is 312. The average Bonchev–Trinajstić information content (AvgIpc) is 2.16. The van der Waals surface area contributed by atoms with Gasteiger partial charge in [0.05, 0.1) is 12.6 Å². The molecule has 4 heteroatoms. The summed E-state index contributed by atoms with van der Waals surface area (Å²) < 4.78 is 0. The molecule has 13 heavy (non-hydrogen) atoms. The molecular formula is C9H11NO3. The molecule has 1 unspecified atom stereocenters. The number of carbonyl (C=O) groups excluding carboxylic acids is 1. The van der Waals surface area contributed by atoms with Crippen LogP contribution in [-0.4, -0.2) is 23.1 Å². The van der Waals surface area contributed by atoms with E-state index >= 15 is 0 Å². The quantitative estimate of drug-likeness (QED) is 0.581. The number of phenolic OH excluding ortho intramolecular Hbond substituents is 1. The minimum atomic E-state index is -0.583. The van der Waals surface area contributed by atoms with E-state index in [1.165, 1.54) is 18.2 Å². The maximum Gasteiger partial charge on any atom is 0.150 e. The van der Waals surface area contributed by atoms with Crippen LogP contribution < -0.4 is 5.73 Å². The molecule has 0 fully saturated rings. The van der Waals surface area contributed by atoms with Gasteiger partial charge in [-0.2, -0.15) is 0 Å². The number of aliphatic hydroxyl groups excluding tert-OH is 1. The van der Waals surface area contributed by atoms with Crippen LogP contribution in [0, 0.1) is 0 Å². The van der Waals surface area contributed by atoms with Crippen molar-refractivity contribution in [2.45, 2.75) is 6.04 Å². The van der Waals surface area contributed by atoms with Crippen molar-refractivity contribution < 1.29 is 15.0 Å². The number of aromatic hydroxyl groups is 1. The minimum absolute atomic E-state index is 0.0102. The Kier molecular flexibility index (Phi) is 3.00.